The molecule has 0 aliphatic rings. The van der Waals surface area contributed by atoms with Gasteiger partial charge in [-0.1, -0.05) is 33.1 Å². The maximum atomic E-state index is 12.0. The highest BCUT2D eigenvalue weighted by Gasteiger charge is 2.10. The summed E-state index contributed by atoms with van der Waals surface area (Å²) in [6.07, 6.45) is 4.59. The van der Waals surface area contributed by atoms with Gasteiger partial charge in [-0.3, -0.25) is 4.79 Å². The number of primary amides is 1. The summed E-state index contributed by atoms with van der Waals surface area (Å²) in [7, 11) is 0. The van der Waals surface area contributed by atoms with Gasteiger partial charge in [0.2, 0.25) is 0 Å². The Kier molecular flexibility index (Phi) is 7.29. The van der Waals surface area contributed by atoms with Crippen molar-refractivity contribution in [1.82, 2.24) is 5.32 Å². The second kappa shape index (κ2) is 9.00. The lowest BCUT2D eigenvalue weighted by atomic mass is 9.99. The molecule has 0 aliphatic carbocycles. The molecule has 0 radical (unpaired) electrons. The molecule has 1 rings (SSSR count). The second-order valence-corrected chi connectivity index (χ2v) is 5.19. The van der Waals surface area contributed by atoms with Crippen LogP contribution in [0.4, 0.5) is 10.5 Å². The average molecular weight is 291 g/mol. The number of nitrogens with one attached hydrogen (secondary N) is 2. The molecule has 0 saturated carbocycles. The molecule has 0 saturated heterocycles. The largest absolute Gasteiger partial charge is 0.352 e. The molecule has 0 aliphatic heterocycles. The van der Waals surface area contributed by atoms with Gasteiger partial charge in [-0.25, -0.2) is 4.79 Å². The number of anilines is 1. The van der Waals surface area contributed by atoms with Crippen LogP contribution in [0.5, 0.6) is 0 Å². The Morgan fingerprint density at radius 2 is 1.86 bits per heavy atom. The van der Waals surface area contributed by atoms with E-state index in [1.54, 1.807) is 24.3 Å². The third-order valence-electron chi connectivity index (χ3n) is 3.51. The van der Waals surface area contributed by atoms with Crippen molar-refractivity contribution in [2.45, 2.75) is 39.5 Å². The molecular formula is C16H25N3O2. The Labute approximate surface area is 126 Å². The number of carbonyl (C=O) groups excluding carboxylic acids is 2. The van der Waals surface area contributed by atoms with Crippen LogP contribution >= 0.6 is 0 Å². The molecule has 5 nitrogen and oxygen atoms in total. The number of hydrogen-bond acceptors (Lipinski definition) is 2. The van der Waals surface area contributed by atoms with Gasteiger partial charge in [0.05, 0.1) is 0 Å². The number of amides is 3. The van der Waals surface area contributed by atoms with Gasteiger partial charge in [0.1, 0.15) is 0 Å². The molecule has 1 atom stereocenters. The number of carbonyl (C=O) groups is 2. The highest BCUT2D eigenvalue weighted by molar-refractivity contribution is 5.95. The Hall–Kier alpha value is -2.04. The lowest BCUT2D eigenvalue weighted by Crippen LogP contribution is -2.29. The first-order valence-corrected chi connectivity index (χ1v) is 7.51. The highest BCUT2D eigenvalue weighted by atomic mass is 16.2. The van der Waals surface area contributed by atoms with E-state index in [1.165, 1.54) is 12.8 Å². The quantitative estimate of drug-likeness (QED) is 0.687. The standard InChI is InChI=1S/C16H25N3O2/c1-3-5-6-12(4-2)11-18-15(20)13-7-9-14(10-8-13)19-16(17)21/h7-10,12H,3-6,11H2,1-2H3,(H,18,20)(H3,17,19,21)/t12-/m1/s1. The SMILES string of the molecule is CCCC[C@@H](CC)CNC(=O)c1ccc(NC(N)=O)cc1. The van der Waals surface area contributed by atoms with E-state index in [4.69, 9.17) is 5.73 Å². The summed E-state index contributed by atoms with van der Waals surface area (Å²) in [4.78, 5) is 22.8. The summed E-state index contributed by atoms with van der Waals surface area (Å²) in [5.74, 6) is 0.445. The van der Waals surface area contributed by atoms with Crippen LogP contribution in [-0.4, -0.2) is 18.5 Å². The van der Waals surface area contributed by atoms with Crippen LogP contribution in [0, 0.1) is 5.92 Å². The van der Waals surface area contributed by atoms with Gasteiger partial charge in [0.25, 0.3) is 5.91 Å². The topological polar surface area (TPSA) is 84.2 Å². The van der Waals surface area contributed by atoms with E-state index in [0.717, 1.165) is 12.8 Å². The third-order valence-corrected chi connectivity index (χ3v) is 3.51. The summed E-state index contributed by atoms with van der Waals surface area (Å²) in [5, 5.41) is 5.43. The van der Waals surface area contributed by atoms with Gasteiger partial charge in [-0.05, 0) is 36.6 Å². The number of urea groups is 1. The van der Waals surface area contributed by atoms with Crippen LogP contribution in [0.25, 0.3) is 0 Å². The molecule has 1 aromatic carbocycles. The van der Waals surface area contributed by atoms with Gasteiger partial charge in [0, 0.05) is 17.8 Å². The van der Waals surface area contributed by atoms with Crippen LogP contribution in [0.1, 0.15) is 49.9 Å². The molecule has 0 heterocycles. The monoisotopic (exact) mass is 291 g/mol. The number of unbranched alkanes of at least 4 members (excludes halogenated alkanes) is 1. The van der Waals surface area contributed by atoms with Crippen LogP contribution in [0.15, 0.2) is 24.3 Å². The zero-order valence-electron chi connectivity index (χ0n) is 12.8. The van der Waals surface area contributed by atoms with Crippen LogP contribution in [0.2, 0.25) is 0 Å². The number of benzene rings is 1. The van der Waals surface area contributed by atoms with Crippen molar-refractivity contribution in [3.05, 3.63) is 29.8 Å². The van der Waals surface area contributed by atoms with Crippen molar-refractivity contribution in [3.8, 4) is 0 Å². The minimum Gasteiger partial charge on any atom is -0.352 e. The van der Waals surface area contributed by atoms with Gasteiger partial charge < -0.3 is 16.4 Å². The predicted octanol–water partition coefficient (Wildman–Crippen LogP) is 3.12. The van der Waals surface area contributed by atoms with Crippen molar-refractivity contribution in [2.75, 3.05) is 11.9 Å². The minimum atomic E-state index is -0.617. The number of nitrogens with two attached hydrogens (primary N) is 1. The summed E-state index contributed by atoms with van der Waals surface area (Å²) in [5.41, 5.74) is 6.19. The van der Waals surface area contributed by atoms with Gasteiger partial charge in [-0.2, -0.15) is 0 Å². The lowest BCUT2D eigenvalue weighted by Gasteiger charge is -2.15. The first-order valence-electron chi connectivity index (χ1n) is 7.51. The number of hydrogen-bond donors (Lipinski definition) is 3. The van der Waals surface area contributed by atoms with E-state index in [0.29, 0.717) is 23.7 Å². The zero-order chi connectivity index (χ0) is 15.7. The Morgan fingerprint density at radius 1 is 1.19 bits per heavy atom. The Balaban J connectivity index is 2.49. The maximum Gasteiger partial charge on any atom is 0.316 e. The van der Waals surface area contributed by atoms with E-state index in [9.17, 15) is 9.59 Å². The Bertz CT molecular complexity index is 457. The van der Waals surface area contributed by atoms with Crippen LogP contribution < -0.4 is 16.4 Å². The normalized spacial score (nSPS) is 11.7. The van der Waals surface area contributed by atoms with Crippen molar-refractivity contribution in [1.29, 1.82) is 0 Å². The van der Waals surface area contributed by atoms with E-state index in [2.05, 4.69) is 24.5 Å². The molecular weight excluding hydrogens is 266 g/mol. The van der Waals surface area contributed by atoms with E-state index in [-0.39, 0.29) is 5.91 Å². The molecule has 3 amide bonds. The smallest absolute Gasteiger partial charge is 0.316 e. The van der Waals surface area contributed by atoms with Crippen molar-refractivity contribution >= 4 is 17.6 Å². The summed E-state index contributed by atoms with van der Waals surface area (Å²) in [6.45, 7) is 5.03. The molecule has 0 spiro atoms. The van der Waals surface area contributed by atoms with Gasteiger partial charge in [-0.15, -0.1) is 0 Å². The molecule has 116 valence electrons. The first-order chi connectivity index (χ1) is 10.1. The summed E-state index contributed by atoms with van der Waals surface area (Å²) < 4.78 is 0. The molecule has 0 unspecified atom stereocenters. The van der Waals surface area contributed by atoms with Crippen LogP contribution in [0.3, 0.4) is 0 Å². The fourth-order valence-corrected chi connectivity index (χ4v) is 2.13. The van der Waals surface area contributed by atoms with Gasteiger partial charge in [0.15, 0.2) is 0 Å². The predicted molar refractivity (Wildman–Crippen MR) is 85.3 cm³/mol. The van der Waals surface area contributed by atoms with E-state index < -0.39 is 6.03 Å². The molecule has 21 heavy (non-hydrogen) atoms. The summed E-state index contributed by atoms with van der Waals surface area (Å²) >= 11 is 0. The Morgan fingerprint density at radius 3 is 2.38 bits per heavy atom. The minimum absolute atomic E-state index is 0.0874. The highest BCUT2D eigenvalue weighted by Crippen LogP contribution is 2.12. The lowest BCUT2D eigenvalue weighted by molar-refractivity contribution is 0.0946. The van der Waals surface area contributed by atoms with Crippen molar-refractivity contribution in [2.24, 2.45) is 11.7 Å². The number of rotatable bonds is 8. The van der Waals surface area contributed by atoms with E-state index >= 15 is 0 Å². The maximum absolute atomic E-state index is 12.0. The third kappa shape index (κ3) is 6.29. The first kappa shape index (κ1) is 17.0. The van der Waals surface area contributed by atoms with Crippen LogP contribution in [-0.2, 0) is 0 Å². The molecule has 5 heteroatoms. The summed E-state index contributed by atoms with van der Waals surface area (Å²) in [6, 6.07) is 6.05. The second-order valence-electron chi connectivity index (χ2n) is 5.19. The van der Waals surface area contributed by atoms with Gasteiger partial charge >= 0.3 is 6.03 Å². The molecule has 4 N–H and O–H groups in total. The average Bonchev–Trinajstić information content (AvgIpc) is 2.47. The fourth-order valence-electron chi connectivity index (χ4n) is 2.13. The molecule has 1 aromatic rings. The van der Waals surface area contributed by atoms with Crippen molar-refractivity contribution in [3.63, 3.8) is 0 Å². The fraction of sp³-hybridized carbons (Fsp3) is 0.500. The van der Waals surface area contributed by atoms with E-state index in [1.807, 2.05) is 0 Å². The zero-order valence-corrected chi connectivity index (χ0v) is 12.8. The molecule has 0 fully saturated rings. The van der Waals surface area contributed by atoms with Crippen molar-refractivity contribution < 1.29 is 9.59 Å². The molecule has 0 bridgehead atoms. The molecule has 0 aromatic heterocycles.